The predicted molar refractivity (Wildman–Crippen MR) is 74.7 cm³/mol. The maximum absolute atomic E-state index is 11.6. The van der Waals surface area contributed by atoms with E-state index < -0.39 is 16.1 Å². The minimum absolute atomic E-state index is 0. The zero-order valence-corrected chi connectivity index (χ0v) is 12.6. The Hall–Kier alpha value is -0.410. The van der Waals surface area contributed by atoms with Crippen molar-refractivity contribution in [3.05, 3.63) is 0 Å². The van der Waals surface area contributed by atoms with E-state index in [4.69, 9.17) is 10.5 Å². The number of hydrogen-bond acceptors (Lipinski definition) is 5. The molecule has 0 aromatic carbocycles. The molecule has 1 heterocycles. The van der Waals surface area contributed by atoms with Gasteiger partial charge >= 0.3 is 0 Å². The number of halogens is 1. The van der Waals surface area contributed by atoms with Crippen LogP contribution in [0.4, 0.5) is 0 Å². The number of amides is 1. The first kappa shape index (κ1) is 18.6. The van der Waals surface area contributed by atoms with E-state index >= 15 is 0 Å². The number of nitrogens with one attached hydrogen (secondary N) is 2. The van der Waals surface area contributed by atoms with Gasteiger partial charge in [0.05, 0.1) is 11.9 Å². The summed E-state index contributed by atoms with van der Waals surface area (Å²) < 4.78 is 30.0. The Morgan fingerprint density at radius 1 is 1.37 bits per heavy atom. The zero-order valence-electron chi connectivity index (χ0n) is 10.9. The molecule has 2 atom stereocenters. The normalized spacial score (nSPS) is 22.8. The van der Waals surface area contributed by atoms with E-state index in [0.717, 1.165) is 6.42 Å². The number of rotatable bonds is 7. The maximum atomic E-state index is 11.6. The molecule has 0 spiro atoms. The third-order valence-electron chi connectivity index (χ3n) is 2.79. The molecular formula is C10H22ClN3O4S. The van der Waals surface area contributed by atoms with Gasteiger partial charge in [0.15, 0.2) is 0 Å². The number of hydrogen-bond donors (Lipinski definition) is 3. The monoisotopic (exact) mass is 315 g/mol. The fourth-order valence-corrected chi connectivity index (χ4v) is 2.30. The van der Waals surface area contributed by atoms with E-state index in [-0.39, 0.29) is 43.3 Å². The lowest BCUT2D eigenvalue weighted by atomic mass is 10.2. The summed E-state index contributed by atoms with van der Waals surface area (Å²) in [5, 5.41) is 2.63. The minimum atomic E-state index is -3.20. The zero-order chi connectivity index (χ0) is 13.6. The molecule has 0 bridgehead atoms. The van der Waals surface area contributed by atoms with Gasteiger partial charge in [-0.25, -0.2) is 13.1 Å². The Kier molecular flexibility index (Phi) is 8.51. The molecule has 1 rings (SSSR count). The van der Waals surface area contributed by atoms with Crippen LogP contribution in [0, 0.1) is 0 Å². The summed E-state index contributed by atoms with van der Waals surface area (Å²) in [7, 11) is -3.20. The highest BCUT2D eigenvalue weighted by atomic mass is 35.5. The fraction of sp³-hybridized carbons (Fsp3) is 0.900. The van der Waals surface area contributed by atoms with Crippen LogP contribution in [0.3, 0.4) is 0 Å². The van der Waals surface area contributed by atoms with Crippen LogP contribution in [0.25, 0.3) is 0 Å². The fourth-order valence-electron chi connectivity index (χ4n) is 1.68. The van der Waals surface area contributed by atoms with Crippen molar-refractivity contribution in [2.45, 2.75) is 32.0 Å². The van der Waals surface area contributed by atoms with Crippen molar-refractivity contribution in [1.29, 1.82) is 0 Å². The van der Waals surface area contributed by atoms with Crippen molar-refractivity contribution in [1.82, 2.24) is 10.0 Å². The Labute approximate surface area is 120 Å². The second-order valence-electron chi connectivity index (χ2n) is 4.15. The molecular weight excluding hydrogens is 294 g/mol. The quantitative estimate of drug-likeness (QED) is 0.520. The minimum Gasteiger partial charge on any atom is -0.364 e. The average Bonchev–Trinajstić information content (AvgIpc) is 2.83. The van der Waals surface area contributed by atoms with Crippen molar-refractivity contribution in [3.8, 4) is 0 Å². The largest absolute Gasteiger partial charge is 0.364 e. The summed E-state index contributed by atoms with van der Waals surface area (Å²) in [6.45, 7) is 2.42. The first-order chi connectivity index (χ1) is 8.48. The topological polar surface area (TPSA) is 111 Å². The van der Waals surface area contributed by atoms with Crippen LogP contribution >= 0.6 is 12.4 Å². The van der Waals surface area contributed by atoms with Crippen molar-refractivity contribution >= 4 is 28.3 Å². The smallest absolute Gasteiger partial charge is 0.249 e. The highest BCUT2D eigenvalue weighted by molar-refractivity contribution is 7.89. The molecule has 1 fully saturated rings. The molecule has 1 saturated heterocycles. The van der Waals surface area contributed by atoms with Crippen LogP contribution < -0.4 is 15.8 Å². The molecule has 0 aromatic heterocycles. The van der Waals surface area contributed by atoms with E-state index in [0.29, 0.717) is 13.0 Å². The van der Waals surface area contributed by atoms with Crippen molar-refractivity contribution in [3.63, 3.8) is 0 Å². The Morgan fingerprint density at radius 3 is 2.58 bits per heavy atom. The summed E-state index contributed by atoms with van der Waals surface area (Å²) in [5.41, 5.74) is 5.45. The third-order valence-corrected chi connectivity index (χ3v) is 4.19. The number of ether oxygens (including phenoxy) is 1. The molecule has 7 nitrogen and oxygen atoms in total. The molecule has 1 amide bonds. The van der Waals surface area contributed by atoms with E-state index in [1.807, 2.05) is 0 Å². The van der Waals surface area contributed by atoms with Gasteiger partial charge in [-0.05, 0) is 19.8 Å². The lowest BCUT2D eigenvalue weighted by Gasteiger charge is -2.12. The number of carbonyl (C=O) groups excluding carboxylic acids is 1. The second-order valence-corrected chi connectivity index (χ2v) is 6.24. The Morgan fingerprint density at radius 2 is 2.05 bits per heavy atom. The van der Waals surface area contributed by atoms with Crippen LogP contribution in [-0.2, 0) is 19.6 Å². The Bertz CT molecular complexity index is 377. The van der Waals surface area contributed by atoms with Crippen LogP contribution in [0.2, 0.25) is 0 Å². The van der Waals surface area contributed by atoms with Crippen molar-refractivity contribution in [2.24, 2.45) is 5.73 Å². The molecule has 0 aliphatic carbocycles. The Balaban J connectivity index is 0.00000324. The number of nitrogens with two attached hydrogens (primary N) is 1. The summed E-state index contributed by atoms with van der Waals surface area (Å²) >= 11 is 0. The molecule has 1 aliphatic heterocycles. The van der Waals surface area contributed by atoms with E-state index in [9.17, 15) is 13.2 Å². The SMILES string of the molecule is CCS(=O)(=O)NCCNC(=O)[C@@H]1CC[C@H](CN)O1.Cl. The summed E-state index contributed by atoms with van der Waals surface area (Å²) in [4.78, 5) is 11.6. The van der Waals surface area contributed by atoms with Crippen molar-refractivity contribution < 1.29 is 17.9 Å². The van der Waals surface area contributed by atoms with Crippen LogP contribution in [0.1, 0.15) is 19.8 Å². The first-order valence-electron chi connectivity index (χ1n) is 6.09. The van der Waals surface area contributed by atoms with Gasteiger partial charge in [0, 0.05) is 19.6 Å². The summed E-state index contributed by atoms with van der Waals surface area (Å²) in [5.74, 6) is -0.174. The van der Waals surface area contributed by atoms with E-state index in [1.165, 1.54) is 0 Å². The second kappa shape index (κ2) is 8.70. The summed E-state index contributed by atoms with van der Waals surface area (Å²) in [6.07, 6.45) is 0.950. The van der Waals surface area contributed by atoms with E-state index in [2.05, 4.69) is 10.0 Å². The van der Waals surface area contributed by atoms with Gasteiger partial charge in [0.1, 0.15) is 6.10 Å². The highest BCUT2D eigenvalue weighted by Crippen LogP contribution is 2.18. The molecule has 0 aromatic rings. The molecule has 0 saturated carbocycles. The van der Waals surface area contributed by atoms with Gasteiger partial charge in [-0.2, -0.15) is 0 Å². The van der Waals surface area contributed by atoms with Gasteiger partial charge < -0.3 is 15.8 Å². The average molecular weight is 316 g/mol. The molecule has 114 valence electrons. The van der Waals surface area contributed by atoms with Gasteiger partial charge in [-0.1, -0.05) is 0 Å². The molecule has 9 heteroatoms. The molecule has 19 heavy (non-hydrogen) atoms. The third kappa shape index (κ3) is 6.53. The lowest BCUT2D eigenvalue weighted by Crippen LogP contribution is -2.40. The predicted octanol–water partition coefficient (Wildman–Crippen LogP) is -1.03. The molecule has 4 N–H and O–H groups in total. The van der Waals surface area contributed by atoms with Gasteiger partial charge in [-0.3, -0.25) is 4.79 Å². The first-order valence-corrected chi connectivity index (χ1v) is 7.74. The lowest BCUT2D eigenvalue weighted by molar-refractivity contribution is -0.131. The van der Waals surface area contributed by atoms with E-state index in [1.54, 1.807) is 6.92 Å². The highest BCUT2D eigenvalue weighted by Gasteiger charge is 2.29. The number of carbonyl (C=O) groups is 1. The van der Waals surface area contributed by atoms with Crippen LogP contribution in [0.5, 0.6) is 0 Å². The van der Waals surface area contributed by atoms with Crippen LogP contribution in [-0.4, -0.2) is 51.9 Å². The number of sulfonamides is 1. The van der Waals surface area contributed by atoms with Crippen molar-refractivity contribution in [2.75, 3.05) is 25.4 Å². The standard InChI is InChI=1S/C10H21N3O4S.ClH/c1-2-18(15,16)13-6-5-12-10(14)9-4-3-8(7-11)17-9;/h8-9,13H,2-7,11H2,1H3,(H,12,14);1H/t8-,9+;/m1./s1. The summed E-state index contributed by atoms with van der Waals surface area (Å²) in [6, 6.07) is 0. The maximum Gasteiger partial charge on any atom is 0.249 e. The molecule has 0 radical (unpaired) electrons. The molecule has 1 aliphatic rings. The van der Waals surface area contributed by atoms with Gasteiger partial charge in [0.25, 0.3) is 0 Å². The van der Waals surface area contributed by atoms with Gasteiger partial charge in [-0.15, -0.1) is 12.4 Å². The van der Waals surface area contributed by atoms with Gasteiger partial charge in [0.2, 0.25) is 15.9 Å². The molecule has 0 unspecified atom stereocenters. The van der Waals surface area contributed by atoms with Crippen LogP contribution in [0.15, 0.2) is 0 Å².